The highest BCUT2D eigenvalue weighted by molar-refractivity contribution is 7.92. The van der Waals surface area contributed by atoms with Crippen LogP contribution in [0.3, 0.4) is 0 Å². The van der Waals surface area contributed by atoms with Gasteiger partial charge in [-0.2, -0.15) is 0 Å². The maximum atomic E-state index is 12.2. The Kier molecular flexibility index (Phi) is 9.08. The van der Waals surface area contributed by atoms with Crippen LogP contribution < -0.4 is 10.0 Å². The van der Waals surface area contributed by atoms with Gasteiger partial charge in [-0.3, -0.25) is 14.8 Å². The number of benzene rings is 2. The Labute approximate surface area is 221 Å². The van der Waals surface area contributed by atoms with Gasteiger partial charge in [-0.05, 0) is 50.1 Å². The highest BCUT2D eigenvalue weighted by Gasteiger charge is 2.12. The minimum absolute atomic E-state index is 0.165. The molecule has 2 heterocycles. The van der Waals surface area contributed by atoms with Crippen LogP contribution in [0.5, 0.6) is 0 Å². The van der Waals surface area contributed by atoms with E-state index in [1.807, 2.05) is 57.2 Å². The molecule has 0 radical (unpaired) electrons. The molecule has 200 valence electrons. The Morgan fingerprint density at radius 3 is 2.42 bits per heavy atom. The number of nitrogens with zero attached hydrogens (tertiary/aromatic N) is 1. The molecule has 1 amide bonds. The summed E-state index contributed by atoms with van der Waals surface area (Å²) in [6.45, 7) is 6.09. The summed E-state index contributed by atoms with van der Waals surface area (Å²) in [6.07, 6.45) is 3.84. The molecule has 0 aliphatic carbocycles. The average Bonchev–Trinajstić information content (AvgIpc) is 3.25. The number of hydrogen-bond acceptors (Lipinski definition) is 7. The maximum Gasteiger partial charge on any atom is 0.412 e. The van der Waals surface area contributed by atoms with E-state index in [0.29, 0.717) is 23.5 Å². The van der Waals surface area contributed by atoms with E-state index in [2.05, 4.69) is 24.7 Å². The average molecular weight is 539 g/mol. The van der Waals surface area contributed by atoms with Gasteiger partial charge in [0.2, 0.25) is 10.0 Å². The summed E-state index contributed by atoms with van der Waals surface area (Å²) in [6, 6.07) is 18.2. The van der Waals surface area contributed by atoms with Crippen molar-refractivity contribution in [3.63, 3.8) is 0 Å². The highest BCUT2D eigenvalue weighted by atomic mass is 32.2. The number of amides is 1. The molecule has 0 unspecified atom stereocenters. The van der Waals surface area contributed by atoms with E-state index in [1.165, 1.54) is 6.20 Å². The first-order chi connectivity index (χ1) is 17.9. The molecule has 4 rings (SSSR count). The van der Waals surface area contributed by atoms with Crippen LogP contribution in [0.2, 0.25) is 0 Å². The topological polar surface area (TPSA) is 139 Å². The maximum absolute atomic E-state index is 12.2. The number of rotatable bonds is 7. The second-order valence-electron chi connectivity index (χ2n) is 9.29. The van der Waals surface area contributed by atoms with Gasteiger partial charge in [0.05, 0.1) is 18.1 Å². The van der Waals surface area contributed by atoms with E-state index in [-0.39, 0.29) is 12.2 Å². The summed E-state index contributed by atoms with van der Waals surface area (Å²) in [5.41, 5.74) is 3.77. The normalized spacial score (nSPS) is 11.2. The van der Waals surface area contributed by atoms with Crippen molar-refractivity contribution in [3.8, 4) is 11.1 Å². The molecule has 0 bridgehead atoms. The Morgan fingerprint density at radius 1 is 1.05 bits per heavy atom. The number of pyridine rings is 1. The number of H-pyrrole nitrogens is 1. The van der Waals surface area contributed by atoms with E-state index in [9.17, 15) is 18.0 Å². The van der Waals surface area contributed by atoms with Gasteiger partial charge in [0.25, 0.3) is 6.47 Å². The Balaban J connectivity index is 0.000000505. The quantitative estimate of drug-likeness (QED) is 0.271. The van der Waals surface area contributed by atoms with Crippen molar-refractivity contribution in [1.82, 2.24) is 9.97 Å². The van der Waals surface area contributed by atoms with E-state index in [0.717, 1.165) is 28.3 Å². The third-order valence-electron chi connectivity index (χ3n) is 4.87. The van der Waals surface area contributed by atoms with Crippen molar-refractivity contribution < 1.29 is 27.5 Å². The second-order valence-corrected chi connectivity index (χ2v) is 11.0. The summed E-state index contributed by atoms with van der Waals surface area (Å²) in [7, 11) is -3.38. The first-order valence-electron chi connectivity index (χ1n) is 11.6. The molecule has 0 aliphatic heterocycles. The lowest BCUT2D eigenvalue weighted by Crippen LogP contribution is -2.17. The number of nitrogens with one attached hydrogen (secondary N) is 3. The zero-order chi connectivity index (χ0) is 27.8. The predicted molar refractivity (Wildman–Crippen MR) is 147 cm³/mol. The Hall–Kier alpha value is -4.38. The lowest BCUT2D eigenvalue weighted by Gasteiger charge is -2.14. The fourth-order valence-electron chi connectivity index (χ4n) is 3.30. The van der Waals surface area contributed by atoms with Gasteiger partial charge < -0.3 is 14.5 Å². The summed E-state index contributed by atoms with van der Waals surface area (Å²) in [5.74, 6) is 0. The number of anilines is 2. The minimum atomic E-state index is -3.38. The number of sulfonamides is 1. The molecule has 2 aromatic carbocycles. The van der Waals surface area contributed by atoms with Crippen LogP contribution in [0.4, 0.5) is 16.2 Å². The Bertz CT molecular complexity index is 1500. The number of aromatic amines is 1. The zero-order valence-electron chi connectivity index (χ0n) is 21.5. The largest absolute Gasteiger partial charge is 0.462 e. The van der Waals surface area contributed by atoms with Crippen LogP contribution >= 0.6 is 0 Å². The molecule has 0 saturated heterocycles. The molecule has 3 N–H and O–H groups in total. The van der Waals surface area contributed by atoms with Crippen LogP contribution in [0.1, 0.15) is 26.3 Å². The molecule has 38 heavy (non-hydrogen) atoms. The third-order valence-corrected chi connectivity index (χ3v) is 5.48. The van der Waals surface area contributed by atoms with E-state index < -0.39 is 16.1 Å². The summed E-state index contributed by atoms with van der Waals surface area (Å²) >= 11 is 0. The first kappa shape index (κ1) is 28.2. The third kappa shape index (κ3) is 8.93. The van der Waals surface area contributed by atoms with Gasteiger partial charge in [0.1, 0.15) is 17.9 Å². The lowest BCUT2D eigenvalue weighted by molar-refractivity contribution is -0.138. The minimum Gasteiger partial charge on any atom is -0.462 e. The molecule has 4 aromatic rings. The van der Waals surface area contributed by atoms with Crippen molar-refractivity contribution in [3.05, 3.63) is 78.6 Å². The van der Waals surface area contributed by atoms with Gasteiger partial charge in [0.15, 0.2) is 0 Å². The lowest BCUT2D eigenvalue weighted by atomic mass is 10.1. The van der Waals surface area contributed by atoms with Crippen LogP contribution in [0.15, 0.2) is 73.1 Å². The number of fused-ring (bicyclic) bond motifs is 1. The number of carbonyl (C=O) groups excluding carboxylic acids is 2. The zero-order valence-corrected chi connectivity index (χ0v) is 22.3. The van der Waals surface area contributed by atoms with Crippen LogP contribution in [0, 0.1) is 0 Å². The molecule has 0 atom stereocenters. The fourth-order valence-corrected chi connectivity index (χ4v) is 3.85. The van der Waals surface area contributed by atoms with Crippen LogP contribution in [-0.4, -0.2) is 42.8 Å². The number of aromatic nitrogens is 2. The molecule has 2 aromatic heterocycles. The predicted octanol–water partition coefficient (Wildman–Crippen LogP) is 5.31. The molecular weight excluding hydrogens is 508 g/mol. The summed E-state index contributed by atoms with van der Waals surface area (Å²) in [4.78, 5) is 29.2. The SMILES string of the molecule is CC(C)(C)OC=O.CS(=O)(=O)Nc1cccc(-c2c[nH]c3ncc(NC(=O)OCc4ccccc4)cc23)c1. The smallest absolute Gasteiger partial charge is 0.412 e. The molecule has 11 heteroatoms. The van der Waals surface area contributed by atoms with Gasteiger partial charge >= 0.3 is 6.09 Å². The van der Waals surface area contributed by atoms with Gasteiger partial charge in [0, 0.05) is 22.8 Å². The van der Waals surface area contributed by atoms with Crippen LogP contribution in [-0.2, 0) is 30.9 Å². The summed E-state index contributed by atoms with van der Waals surface area (Å²) in [5, 5.41) is 3.46. The molecular formula is C27H30N4O6S. The van der Waals surface area contributed by atoms with Crippen molar-refractivity contribution >= 4 is 45.0 Å². The van der Waals surface area contributed by atoms with E-state index in [1.54, 1.807) is 30.5 Å². The van der Waals surface area contributed by atoms with Crippen LogP contribution in [0.25, 0.3) is 22.2 Å². The second kappa shape index (κ2) is 12.2. The van der Waals surface area contributed by atoms with Crippen molar-refractivity contribution in [1.29, 1.82) is 0 Å². The van der Waals surface area contributed by atoms with Crippen molar-refractivity contribution in [2.24, 2.45) is 0 Å². The standard InChI is InChI=1S/C22H20N4O4S.C5H10O2/c1-31(28,29)26-17-9-5-8-16(10-17)20-13-24-21-19(20)11-18(12-23-21)25-22(27)30-14-15-6-3-2-4-7-15;1-5(2,3)7-4-6/h2-13,26H,14H2,1H3,(H,23,24)(H,25,27);4H,1-3H3. The number of hydrogen-bond donors (Lipinski definition) is 3. The molecule has 0 aliphatic rings. The number of carbonyl (C=O) groups is 2. The van der Waals surface area contributed by atoms with E-state index in [4.69, 9.17) is 4.74 Å². The molecule has 10 nitrogen and oxygen atoms in total. The van der Waals surface area contributed by atoms with Gasteiger partial charge in [-0.25, -0.2) is 18.2 Å². The fraction of sp³-hybridized carbons (Fsp3) is 0.222. The van der Waals surface area contributed by atoms with Gasteiger partial charge in [-0.1, -0.05) is 42.5 Å². The van der Waals surface area contributed by atoms with Gasteiger partial charge in [-0.15, -0.1) is 0 Å². The molecule has 0 spiro atoms. The summed E-state index contributed by atoms with van der Waals surface area (Å²) < 4.78 is 35.3. The monoisotopic (exact) mass is 538 g/mol. The molecule has 0 saturated carbocycles. The Morgan fingerprint density at radius 2 is 1.79 bits per heavy atom. The van der Waals surface area contributed by atoms with Crippen molar-refractivity contribution in [2.45, 2.75) is 33.0 Å². The van der Waals surface area contributed by atoms with Crippen molar-refractivity contribution in [2.75, 3.05) is 16.3 Å². The highest BCUT2D eigenvalue weighted by Crippen LogP contribution is 2.31. The number of ether oxygens (including phenoxy) is 2. The molecule has 0 fully saturated rings. The first-order valence-corrected chi connectivity index (χ1v) is 13.5. The van der Waals surface area contributed by atoms with E-state index >= 15 is 0 Å².